The molecule has 0 saturated heterocycles. The maximum absolute atomic E-state index is 10.6. The lowest BCUT2D eigenvalue weighted by molar-refractivity contribution is -0.159. The van der Waals surface area contributed by atoms with Crippen LogP contribution < -0.4 is 0 Å². The molecule has 0 aliphatic rings. The molecular weight excluding hydrogens is 208 g/mol. The van der Waals surface area contributed by atoms with E-state index >= 15 is 0 Å². The first-order chi connectivity index (χ1) is 6.86. The molecule has 0 aliphatic carbocycles. The van der Waals surface area contributed by atoms with E-state index in [4.69, 9.17) is 20.4 Å². The average Bonchev–Trinajstić information content (AvgIpc) is 2.10. The number of hydrogen-bond donors (Lipinski definition) is 4. The molecule has 0 heterocycles. The molecule has 0 aromatic rings. The summed E-state index contributed by atoms with van der Waals surface area (Å²) in [4.78, 5) is 31.0. The fourth-order valence-corrected chi connectivity index (χ4v) is 1.06. The lowest BCUT2D eigenvalue weighted by Crippen LogP contribution is -2.34. The van der Waals surface area contributed by atoms with E-state index in [0.717, 1.165) is 0 Å². The molecular formula is C8H12O7. The summed E-state index contributed by atoms with van der Waals surface area (Å²) in [5, 5.41) is 34.2. The number of carboxylic acids is 3. The molecule has 0 aromatic heterocycles. The summed E-state index contributed by atoms with van der Waals surface area (Å²) in [5.74, 6) is -5.64. The predicted octanol–water partition coefficient (Wildman–Crippen LogP) is -0.612. The van der Waals surface area contributed by atoms with E-state index in [1.807, 2.05) is 0 Å². The highest BCUT2D eigenvalue weighted by atomic mass is 16.4. The molecule has 4 N–H and O–H groups in total. The zero-order chi connectivity index (χ0) is 12.0. The molecule has 2 atom stereocenters. The normalized spacial score (nSPS) is 14.2. The molecule has 0 bridgehead atoms. The highest BCUT2D eigenvalue weighted by molar-refractivity contribution is 5.81. The van der Waals surface area contributed by atoms with Gasteiger partial charge >= 0.3 is 17.9 Å². The quantitative estimate of drug-likeness (QED) is 0.449. The van der Waals surface area contributed by atoms with Crippen molar-refractivity contribution in [1.29, 1.82) is 0 Å². The summed E-state index contributed by atoms with van der Waals surface area (Å²) in [6.45, 7) is 0. The molecule has 15 heavy (non-hydrogen) atoms. The lowest BCUT2D eigenvalue weighted by atomic mass is 9.96. The Bertz CT molecular complexity index is 260. The van der Waals surface area contributed by atoms with E-state index in [1.165, 1.54) is 0 Å². The van der Waals surface area contributed by atoms with E-state index in [9.17, 15) is 14.4 Å². The highest BCUT2D eigenvalue weighted by Crippen LogP contribution is 2.14. The van der Waals surface area contributed by atoms with Crippen LogP contribution in [-0.2, 0) is 14.4 Å². The van der Waals surface area contributed by atoms with Gasteiger partial charge in [0.05, 0.1) is 5.92 Å². The van der Waals surface area contributed by atoms with Gasteiger partial charge in [0.25, 0.3) is 0 Å². The van der Waals surface area contributed by atoms with Gasteiger partial charge in [0.2, 0.25) is 0 Å². The van der Waals surface area contributed by atoms with Crippen molar-refractivity contribution >= 4 is 17.9 Å². The second kappa shape index (κ2) is 5.97. The van der Waals surface area contributed by atoms with Gasteiger partial charge in [0, 0.05) is 6.42 Å². The van der Waals surface area contributed by atoms with Gasteiger partial charge in [-0.25, -0.2) is 4.79 Å². The summed E-state index contributed by atoms with van der Waals surface area (Å²) in [6.07, 6.45) is -2.43. The van der Waals surface area contributed by atoms with Gasteiger partial charge in [-0.2, -0.15) is 0 Å². The molecule has 7 nitrogen and oxygen atoms in total. The van der Waals surface area contributed by atoms with Crippen molar-refractivity contribution < 1.29 is 34.8 Å². The van der Waals surface area contributed by atoms with Crippen LogP contribution in [0.4, 0.5) is 0 Å². The van der Waals surface area contributed by atoms with Crippen molar-refractivity contribution in [3.8, 4) is 0 Å². The topological polar surface area (TPSA) is 132 Å². The van der Waals surface area contributed by atoms with Gasteiger partial charge in [-0.1, -0.05) is 0 Å². The second-order valence-corrected chi connectivity index (χ2v) is 3.01. The number of aliphatic hydroxyl groups excluding tert-OH is 1. The number of rotatable bonds is 7. The van der Waals surface area contributed by atoms with E-state index in [1.54, 1.807) is 0 Å². The Morgan fingerprint density at radius 2 is 1.53 bits per heavy atom. The molecule has 0 fully saturated rings. The summed E-state index contributed by atoms with van der Waals surface area (Å²) in [6, 6.07) is 0. The Kier molecular flexibility index (Phi) is 5.32. The van der Waals surface area contributed by atoms with Crippen LogP contribution in [0.2, 0.25) is 0 Å². The van der Waals surface area contributed by atoms with Crippen LogP contribution in [0, 0.1) is 5.92 Å². The van der Waals surface area contributed by atoms with E-state index in [0.29, 0.717) is 0 Å². The molecule has 0 unspecified atom stereocenters. The van der Waals surface area contributed by atoms with Crippen molar-refractivity contribution in [1.82, 2.24) is 0 Å². The molecule has 0 aliphatic heterocycles. The van der Waals surface area contributed by atoms with Crippen LogP contribution in [-0.4, -0.2) is 44.4 Å². The molecule has 7 heteroatoms. The smallest absolute Gasteiger partial charge is 0.333 e. The molecule has 0 amide bonds. The highest BCUT2D eigenvalue weighted by Gasteiger charge is 2.31. The third-order valence-electron chi connectivity index (χ3n) is 1.86. The minimum absolute atomic E-state index is 0.0106. The Morgan fingerprint density at radius 3 is 1.87 bits per heavy atom. The Labute approximate surface area is 85.0 Å². The molecule has 86 valence electrons. The maximum atomic E-state index is 10.6. The monoisotopic (exact) mass is 220 g/mol. The number of hydrogen-bond acceptors (Lipinski definition) is 4. The van der Waals surface area contributed by atoms with Crippen molar-refractivity contribution in [2.24, 2.45) is 5.92 Å². The zero-order valence-corrected chi connectivity index (χ0v) is 7.79. The summed E-state index contributed by atoms with van der Waals surface area (Å²) in [7, 11) is 0. The van der Waals surface area contributed by atoms with E-state index in [2.05, 4.69) is 0 Å². The summed E-state index contributed by atoms with van der Waals surface area (Å²) in [5.41, 5.74) is 0. The molecule has 0 saturated carbocycles. The predicted molar refractivity (Wildman–Crippen MR) is 46.3 cm³/mol. The maximum Gasteiger partial charge on any atom is 0.333 e. The Balaban J connectivity index is 4.23. The van der Waals surface area contributed by atoms with E-state index in [-0.39, 0.29) is 19.3 Å². The minimum atomic E-state index is -2.00. The van der Waals surface area contributed by atoms with Crippen molar-refractivity contribution in [2.75, 3.05) is 0 Å². The van der Waals surface area contributed by atoms with Gasteiger partial charge in [0.15, 0.2) is 6.10 Å². The van der Waals surface area contributed by atoms with Crippen LogP contribution >= 0.6 is 0 Å². The summed E-state index contributed by atoms with van der Waals surface area (Å²) >= 11 is 0. The van der Waals surface area contributed by atoms with Gasteiger partial charge in [-0.05, 0) is 12.8 Å². The Hall–Kier alpha value is -1.63. The number of aliphatic hydroxyl groups is 1. The van der Waals surface area contributed by atoms with Crippen LogP contribution in [0.15, 0.2) is 0 Å². The molecule has 0 aromatic carbocycles. The lowest BCUT2D eigenvalue weighted by Gasteiger charge is -2.14. The fourth-order valence-electron chi connectivity index (χ4n) is 1.06. The number of carboxylic acid groups (broad SMARTS) is 3. The van der Waals surface area contributed by atoms with Crippen LogP contribution in [0.3, 0.4) is 0 Å². The first-order valence-corrected chi connectivity index (χ1v) is 4.21. The minimum Gasteiger partial charge on any atom is -0.481 e. The molecule has 0 radical (unpaired) electrons. The third-order valence-corrected chi connectivity index (χ3v) is 1.86. The molecule has 0 spiro atoms. The first-order valence-electron chi connectivity index (χ1n) is 4.21. The van der Waals surface area contributed by atoms with Crippen molar-refractivity contribution in [2.45, 2.75) is 25.4 Å². The SMILES string of the molecule is O=C(O)CCC[C@H](C(=O)O)[C@@H](O)C(=O)O. The van der Waals surface area contributed by atoms with E-state index < -0.39 is 29.9 Å². The fraction of sp³-hybridized carbons (Fsp3) is 0.625. The number of aliphatic carboxylic acids is 3. The molecule has 0 rings (SSSR count). The van der Waals surface area contributed by atoms with Crippen LogP contribution in [0.25, 0.3) is 0 Å². The van der Waals surface area contributed by atoms with Gasteiger partial charge < -0.3 is 20.4 Å². The largest absolute Gasteiger partial charge is 0.481 e. The summed E-state index contributed by atoms with van der Waals surface area (Å²) < 4.78 is 0. The zero-order valence-electron chi connectivity index (χ0n) is 7.79. The standard InChI is InChI=1S/C8H12O7/c9-5(10)3-1-2-4(7(12)13)6(11)8(14)15/h4,6,11H,1-3H2,(H,9,10)(H,12,13)(H,14,15)/t4-,6+/m0/s1. The van der Waals surface area contributed by atoms with Gasteiger partial charge in [0.1, 0.15) is 0 Å². The second-order valence-electron chi connectivity index (χ2n) is 3.01. The number of carbonyl (C=O) groups is 3. The Morgan fingerprint density at radius 1 is 1.00 bits per heavy atom. The third kappa shape index (κ3) is 4.96. The van der Waals surface area contributed by atoms with Crippen LogP contribution in [0.1, 0.15) is 19.3 Å². The first kappa shape index (κ1) is 13.4. The average molecular weight is 220 g/mol. The van der Waals surface area contributed by atoms with Gasteiger partial charge in [-0.15, -0.1) is 0 Å². The van der Waals surface area contributed by atoms with Crippen molar-refractivity contribution in [3.05, 3.63) is 0 Å². The van der Waals surface area contributed by atoms with Gasteiger partial charge in [-0.3, -0.25) is 9.59 Å². The van der Waals surface area contributed by atoms with Crippen molar-refractivity contribution in [3.63, 3.8) is 0 Å². The van der Waals surface area contributed by atoms with Crippen LogP contribution in [0.5, 0.6) is 0 Å².